The highest BCUT2D eigenvalue weighted by Gasteiger charge is 2.36. The van der Waals surface area contributed by atoms with Crippen LogP contribution in [0.15, 0.2) is 12.3 Å². The lowest BCUT2D eigenvalue weighted by Gasteiger charge is -2.36. The summed E-state index contributed by atoms with van der Waals surface area (Å²) >= 11 is 0. The van der Waals surface area contributed by atoms with Crippen LogP contribution < -0.4 is 0 Å². The smallest absolute Gasteiger partial charge is 0.413 e. The monoisotopic (exact) mass is 285 g/mol. The van der Waals surface area contributed by atoms with Crippen LogP contribution in [0.4, 0.5) is 4.79 Å². The third-order valence-corrected chi connectivity index (χ3v) is 8.40. The molecular weight excluding hydrogens is 258 g/mol. The molecule has 1 heterocycles. The number of unbranched alkanes of at least 4 members (excludes halogenated alkanes) is 1. The molecule has 0 bridgehead atoms. The predicted octanol–water partition coefficient (Wildman–Crippen LogP) is 3.75. The molecule has 1 fully saturated rings. The number of cyclic esters (lactones) is 1. The van der Waals surface area contributed by atoms with Gasteiger partial charge < -0.3 is 9.16 Å². The molecule has 0 N–H and O–H groups in total. The average Bonchev–Trinajstić information content (AvgIpc) is 2.67. The first-order valence-corrected chi connectivity index (χ1v) is 9.89. The maximum absolute atomic E-state index is 11.2. The molecule has 0 radical (unpaired) electrons. The largest absolute Gasteiger partial charge is 0.447 e. The van der Waals surface area contributed by atoms with Gasteiger partial charge in [-0.3, -0.25) is 4.90 Å². The van der Waals surface area contributed by atoms with Crippen molar-refractivity contribution in [1.82, 2.24) is 4.90 Å². The van der Waals surface area contributed by atoms with E-state index in [1.54, 1.807) is 4.90 Å². The lowest BCUT2D eigenvalue weighted by atomic mass is 10.2. The van der Waals surface area contributed by atoms with E-state index in [1.807, 2.05) is 12.3 Å². The number of nitrogens with zero attached hydrogens (tertiary/aromatic N) is 1. The second kappa shape index (κ2) is 6.57. The van der Waals surface area contributed by atoms with E-state index in [0.29, 0.717) is 13.2 Å². The van der Waals surface area contributed by atoms with Gasteiger partial charge in [0, 0.05) is 12.8 Å². The van der Waals surface area contributed by atoms with Crippen molar-refractivity contribution in [2.24, 2.45) is 0 Å². The fraction of sp³-hybridized carbons (Fsp3) is 0.786. The minimum atomic E-state index is -1.61. The van der Waals surface area contributed by atoms with Gasteiger partial charge >= 0.3 is 6.09 Å². The summed E-state index contributed by atoms with van der Waals surface area (Å²) in [5.41, 5.74) is 0. The molecule has 0 spiro atoms. The Morgan fingerprint density at radius 2 is 2.11 bits per heavy atom. The van der Waals surface area contributed by atoms with Gasteiger partial charge in [-0.25, -0.2) is 4.79 Å². The minimum absolute atomic E-state index is 0.242. The van der Waals surface area contributed by atoms with Crippen molar-refractivity contribution >= 4 is 14.4 Å². The lowest BCUT2D eigenvalue weighted by molar-refractivity contribution is 0.166. The van der Waals surface area contributed by atoms with Gasteiger partial charge in [-0.05, 0) is 31.0 Å². The van der Waals surface area contributed by atoms with Crippen molar-refractivity contribution in [3.8, 4) is 0 Å². The fourth-order valence-electron chi connectivity index (χ4n) is 1.49. The van der Waals surface area contributed by atoms with E-state index in [0.717, 1.165) is 19.4 Å². The van der Waals surface area contributed by atoms with Gasteiger partial charge in [0.1, 0.15) is 6.61 Å². The molecule has 110 valence electrons. The Morgan fingerprint density at radius 3 is 2.63 bits per heavy atom. The summed E-state index contributed by atoms with van der Waals surface area (Å²) in [7, 11) is -1.61. The Hall–Kier alpha value is -0.813. The summed E-state index contributed by atoms with van der Waals surface area (Å²) in [5, 5.41) is 0.266. The van der Waals surface area contributed by atoms with E-state index in [-0.39, 0.29) is 11.1 Å². The van der Waals surface area contributed by atoms with Crippen molar-refractivity contribution in [1.29, 1.82) is 0 Å². The molecular formula is C14H27NO3Si. The molecule has 5 heteroatoms. The molecule has 0 atom stereocenters. The van der Waals surface area contributed by atoms with E-state index in [2.05, 4.69) is 33.9 Å². The summed E-state index contributed by atoms with van der Waals surface area (Å²) in [5.74, 6) is 0. The van der Waals surface area contributed by atoms with Gasteiger partial charge in [-0.1, -0.05) is 26.8 Å². The van der Waals surface area contributed by atoms with E-state index >= 15 is 0 Å². The van der Waals surface area contributed by atoms with Crippen molar-refractivity contribution in [2.45, 2.75) is 51.7 Å². The summed E-state index contributed by atoms with van der Waals surface area (Å²) in [6.07, 6.45) is 5.52. The van der Waals surface area contributed by atoms with E-state index < -0.39 is 8.32 Å². The standard InChI is InChI=1S/C14H27NO3Si/c1-14(2,3)19(4,5)18-11-8-6-7-9-15-10-12-17-13(15)16/h7,9H,6,8,10-12H2,1-5H3/b9-7-. The number of ether oxygens (including phenoxy) is 1. The third kappa shape index (κ3) is 4.99. The topological polar surface area (TPSA) is 38.8 Å². The maximum atomic E-state index is 11.2. The minimum Gasteiger partial charge on any atom is -0.447 e. The number of hydrogen-bond donors (Lipinski definition) is 0. The normalized spacial score (nSPS) is 17.3. The number of rotatable bonds is 6. The van der Waals surface area contributed by atoms with E-state index in [1.165, 1.54) is 0 Å². The number of carbonyl (C=O) groups excluding carboxylic acids is 1. The molecule has 1 amide bonds. The molecule has 0 unspecified atom stereocenters. The summed E-state index contributed by atoms with van der Waals surface area (Å²) in [6, 6.07) is 0. The Morgan fingerprint density at radius 1 is 1.42 bits per heavy atom. The van der Waals surface area contributed by atoms with Crippen LogP contribution in [0.1, 0.15) is 33.6 Å². The van der Waals surface area contributed by atoms with Crippen molar-refractivity contribution < 1.29 is 14.0 Å². The second-order valence-corrected chi connectivity index (χ2v) is 11.3. The van der Waals surface area contributed by atoms with E-state index in [4.69, 9.17) is 9.16 Å². The van der Waals surface area contributed by atoms with Crippen LogP contribution in [-0.4, -0.2) is 39.1 Å². The SMILES string of the molecule is CC(C)(C)[Si](C)(C)OCCC/C=C\N1CCOC1=O. The molecule has 1 aliphatic heterocycles. The van der Waals surface area contributed by atoms with Crippen LogP contribution in [0, 0.1) is 0 Å². The first-order chi connectivity index (χ1) is 8.74. The molecule has 1 rings (SSSR count). The van der Waals surface area contributed by atoms with Gasteiger partial charge in [0.2, 0.25) is 0 Å². The zero-order chi connectivity index (χ0) is 14.5. The predicted molar refractivity (Wildman–Crippen MR) is 79.6 cm³/mol. The summed E-state index contributed by atoms with van der Waals surface area (Å²) in [6.45, 7) is 13.2. The molecule has 1 aliphatic rings. The Bertz CT molecular complexity index is 334. The van der Waals surface area contributed by atoms with Gasteiger partial charge in [0.15, 0.2) is 8.32 Å². The van der Waals surface area contributed by atoms with Gasteiger partial charge in [0.05, 0.1) is 6.54 Å². The number of hydrogen-bond acceptors (Lipinski definition) is 3. The molecule has 0 aromatic rings. The zero-order valence-corrected chi connectivity index (χ0v) is 13.9. The highest BCUT2D eigenvalue weighted by Crippen LogP contribution is 2.36. The van der Waals surface area contributed by atoms with Crippen LogP contribution >= 0.6 is 0 Å². The lowest BCUT2D eigenvalue weighted by Crippen LogP contribution is -2.40. The number of amides is 1. The van der Waals surface area contributed by atoms with Gasteiger partial charge in [0.25, 0.3) is 0 Å². The molecule has 4 nitrogen and oxygen atoms in total. The maximum Gasteiger partial charge on any atom is 0.413 e. The van der Waals surface area contributed by atoms with Crippen LogP contribution in [0.25, 0.3) is 0 Å². The van der Waals surface area contributed by atoms with Crippen LogP contribution in [0.3, 0.4) is 0 Å². The molecule has 0 saturated carbocycles. The highest BCUT2D eigenvalue weighted by molar-refractivity contribution is 6.74. The molecule has 19 heavy (non-hydrogen) atoms. The fourth-order valence-corrected chi connectivity index (χ4v) is 2.58. The molecule has 0 aliphatic carbocycles. The zero-order valence-electron chi connectivity index (χ0n) is 12.9. The van der Waals surface area contributed by atoms with Gasteiger partial charge in [-0.2, -0.15) is 0 Å². The third-order valence-electron chi connectivity index (χ3n) is 3.86. The Kier molecular flexibility index (Phi) is 5.61. The summed E-state index contributed by atoms with van der Waals surface area (Å²) < 4.78 is 10.9. The summed E-state index contributed by atoms with van der Waals surface area (Å²) in [4.78, 5) is 12.8. The highest BCUT2D eigenvalue weighted by atomic mass is 28.4. The first-order valence-electron chi connectivity index (χ1n) is 6.98. The van der Waals surface area contributed by atoms with Crippen molar-refractivity contribution in [3.05, 3.63) is 12.3 Å². The second-order valence-electron chi connectivity index (χ2n) is 6.44. The molecule has 1 saturated heterocycles. The molecule has 0 aromatic heterocycles. The quantitative estimate of drug-likeness (QED) is 0.551. The Labute approximate surface area is 117 Å². The van der Waals surface area contributed by atoms with Crippen molar-refractivity contribution in [3.63, 3.8) is 0 Å². The number of carbonyl (C=O) groups is 1. The Balaban J connectivity index is 2.18. The molecule has 0 aromatic carbocycles. The first kappa shape index (κ1) is 16.2. The number of allylic oxidation sites excluding steroid dienone is 1. The van der Waals surface area contributed by atoms with Crippen molar-refractivity contribution in [2.75, 3.05) is 19.8 Å². The van der Waals surface area contributed by atoms with E-state index in [9.17, 15) is 4.79 Å². The average molecular weight is 285 g/mol. The van der Waals surface area contributed by atoms with Crippen LogP contribution in [0.2, 0.25) is 18.1 Å². The van der Waals surface area contributed by atoms with Gasteiger partial charge in [-0.15, -0.1) is 0 Å². The van der Waals surface area contributed by atoms with Crippen LogP contribution in [-0.2, 0) is 9.16 Å². The van der Waals surface area contributed by atoms with Crippen LogP contribution in [0.5, 0.6) is 0 Å².